The highest BCUT2D eigenvalue weighted by Gasteiger charge is 2.40. The summed E-state index contributed by atoms with van der Waals surface area (Å²) in [7, 11) is 0. The molecule has 1 aliphatic rings. The van der Waals surface area contributed by atoms with Gasteiger partial charge in [-0.15, -0.1) is 0 Å². The van der Waals surface area contributed by atoms with Crippen LogP contribution in [0.15, 0.2) is 36.4 Å². The number of ether oxygens (including phenoxy) is 2. The van der Waals surface area contributed by atoms with Gasteiger partial charge >= 0.3 is 0 Å². The number of para-hydroxylation sites is 1. The molecule has 30 heavy (non-hydrogen) atoms. The standard InChI is InChI=1S/C28H46O2/c1-3-4-5-6-7-8-9-10-11-12-13-14-15-16-17-18-21-26-22-19-20-23-27(26)29-24-28(2)25-30-28/h3-4,19-20,22-23H,5-18,21,24-25H2,1-2H3/b4-3+. The number of unbranched alkanes of at least 4 members (excludes halogenated alkanes) is 13. The maximum Gasteiger partial charge on any atom is 0.123 e. The summed E-state index contributed by atoms with van der Waals surface area (Å²) < 4.78 is 11.4. The van der Waals surface area contributed by atoms with Gasteiger partial charge < -0.3 is 9.47 Å². The number of epoxide rings is 1. The highest BCUT2D eigenvalue weighted by Crippen LogP contribution is 2.28. The molecule has 0 spiro atoms. The van der Waals surface area contributed by atoms with Crippen LogP contribution in [0.2, 0.25) is 0 Å². The molecular formula is C28H46O2. The first kappa shape index (κ1) is 25.0. The fraction of sp³-hybridized carbons (Fsp3) is 0.714. The minimum atomic E-state index is -0.0425. The van der Waals surface area contributed by atoms with Crippen molar-refractivity contribution < 1.29 is 9.47 Å². The summed E-state index contributed by atoms with van der Waals surface area (Å²) in [6.07, 6.45) is 25.1. The third-order valence-electron chi connectivity index (χ3n) is 6.20. The van der Waals surface area contributed by atoms with Crippen LogP contribution in [-0.4, -0.2) is 18.8 Å². The Kier molecular flexibility index (Phi) is 12.9. The molecule has 0 aliphatic carbocycles. The fourth-order valence-electron chi connectivity index (χ4n) is 3.98. The average Bonchev–Trinajstić information content (AvgIpc) is 3.50. The number of allylic oxidation sites excluding steroid dienone is 2. The summed E-state index contributed by atoms with van der Waals surface area (Å²) in [6.45, 7) is 5.72. The van der Waals surface area contributed by atoms with Crippen LogP contribution in [-0.2, 0) is 11.2 Å². The van der Waals surface area contributed by atoms with E-state index in [9.17, 15) is 0 Å². The fourth-order valence-corrected chi connectivity index (χ4v) is 3.98. The molecule has 1 heterocycles. The molecule has 2 rings (SSSR count). The van der Waals surface area contributed by atoms with Gasteiger partial charge in [-0.3, -0.25) is 0 Å². The van der Waals surface area contributed by atoms with Crippen LogP contribution >= 0.6 is 0 Å². The molecule has 2 nitrogen and oxygen atoms in total. The van der Waals surface area contributed by atoms with Crippen LogP contribution in [0.3, 0.4) is 0 Å². The average molecular weight is 415 g/mol. The molecule has 0 radical (unpaired) electrons. The third-order valence-corrected chi connectivity index (χ3v) is 6.20. The lowest BCUT2D eigenvalue weighted by molar-refractivity contribution is 0.201. The van der Waals surface area contributed by atoms with Crippen LogP contribution in [0.4, 0.5) is 0 Å². The van der Waals surface area contributed by atoms with Crippen molar-refractivity contribution in [2.75, 3.05) is 13.2 Å². The number of rotatable bonds is 19. The molecule has 170 valence electrons. The normalized spacial score (nSPS) is 18.2. The maximum absolute atomic E-state index is 6.02. The first-order valence-electron chi connectivity index (χ1n) is 12.7. The molecular weight excluding hydrogens is 368 g/mol. The second-order valence-electron chi connectivity index (χ2n) is 9.34. The Morgan fingerprint density at radius 3 is 1.93 bits per heavy atom. The Hall–Kier alpha value is -1.28. The number of hydrogen-bond acceptors (Lipinski definition) is 2. The zero-order chi connectivity index (χ0) is 21.3. The van der Waals surface area contributed by atoms with E-state index in [1.807, 2.05) is 0 Å². The van der Waals surface area contributed by atoms with Gasteiger partial charge in [0.1, 0.15) is 18.0 Å². The molecule has 1 saturated heterocycles. The zero-order valence-corrected chi connectivity index (χ0v) is 19.8. The first-order chi connectivity index (χ1) is 14.7. The summed E-state index contributed by atoms with van der Waals surface area (Å²) in [5, 5.41) is 0. The quantitative estimate of drug-likeness (QED) is 0.129. The van der Waals surface area contributed by atoms with E-state index in [4.69, 9.17) is 9.47 Å². The van der Waals surface area contributed by atoms with E-state index in [1.165, 1.54) is 95.5 Å². The molecule has 0 amide bonds. The second-order valence-corrected chi connectivity index (χ2v) is 9.34. The van der Waals surface area contributed by atoms with E-state index in [1.54, 1.807) is 0 Å². The Morgan fingerprint density at radius 2 is 1.37 bits per heavy atom. The van der Waals surface area contributed by atoms with Crippen molar-refractivity contribution in [3.63, 3.8) is 0 Å². The smallest absolute Gasteiger partial charge is 0.123 e. The van der Waals surface area contributed by atoms with Crippen molar-refractivity contribution in [3.8, 4) is 5.75 Å². The topological polar surface area (TPSA) is 21.8 Å². The first-order valence-corrected chi connectivity index (χ1v) is 12.7. The highest BCUT2D eigenvalue weighted by atomic mass is 16.6. The summed E-state index contributed by atoms with van der Waals surface area (Å²) in [4.78, 5) is 0. The van der Waals surface area contributed by atoms with E-state index in [0.29, 0.717) is 6.61 Å². The van der Waals surface area contributed by atoms with Crippen molar-refractivity contribution in [3.05, 3.63) is 42.0 Å². The predicted octanol–water partition coefficient (Wildman–Crippen LogP) is 8.43. The second kappa shape index (κ2) is 15.5. The molecule has 1 unspecified atom stereocenters. The third kappa shape index (κ3) is 11.8. The molecule has 2 heteroatoms. The van der Waals surface area contributed by atoms with E-state index < -0.39 is 0 Å². The summed E-state index contributed by atoms with van der Waals surface area (Å²) in [5.74, 6) is 1.05. The summed E-state index contributed by atoms with van der Waals surface area (Å²) in [6, 6.07) is 8.51. The molecule has 1 aromatic carbocycles. The van der Waals surface area contributed by atoms with Gasteiger partial charge in [-0.05, 0) is 51.2 Å². The Labute approximate surface area is 186 Å². The van der Waals surface area contributed by atoms with Crippen LogP contribution in [0, 0.1) is 0 Å². The van der Waals surface area contributed by atoms with Gasteiger partial charge in [-0.25, -0.2) is 0 Å². The number of aryl methyl sites for hydroxylation is 1. The van der Waals surface area contributed by atoms with Crippen LogP contribution < -0.4 is 4.74 Å². The predicted molar refractivity (Wildman–Crippen MR) is 129 cm³/mol. The van der Waals surface area contributed by atoms with Gasteiger partial charge in [0.15, 0.2) is 0 Å². The molecule has 1 fully saturated rings. The molecule has 1 atom stereocenters. The number of hydrogen-bond donors (Lipinski definition) is 0. The Bertz CT molecular complexity index is 574. The van der Waals surface area contributed by atoms with Gasteiger partial charge in [0.05, 0.1) is 6.61 Å². The monoisotopic (exact) mass is 414 g/mol. The van der Waals surface area contributed by atoms with Crippen LogP contribution in [0.5, 0.6) is 5.75 Å². The van der Waals surface area contributed by atoms with E-state index >= 15 is 0 Å². The van der Waals surface area contributed by atoms with Crippen molar-refractivity contribution in [2.45, 2.75) is 116 Å². The van der Waals surface area contributed by atoms with E-state index in [2.05, 4.69) is 50.3 Å². The van der Waals surface area contributed by atoms with E-state index in [0.717, 1.165) is 18.8 Å². The number of benzene rings is 1. The Balaban J connectivity index is 1.37. The molecule has 0 bridgehead atoms. The van der Waals surface area contributed by atoms with Crippen molar-refractivity contribution >= 4 is 0 Å². The van der Waals surface area contributed by atoms with E-state index in [-0.39, 0.29) is 5.60 Å². The summed E-state index contributed by atoms with van der Waals surface area (Å²) in [5.41, 5.74) is 1.31. The van der Waals surface area contributed by atoms with Crippen molar-refractivity contribution in [1.82, 2.24) is 0 Å². The van der Waals surface area contributed by atoms with Gasteiger partial charge in [-0.1, -0.05) is 101 Å². The molecule has 0 N–H and O–H groups in total. The Morgan fingerprint density at radius 1 is 0.833 bits per heavy atom. The maximum atomic E-state index is 6.02. The highest BCUT2D eigenvalue weighted by molar-refractivity contribution is 5.33. The van der Waals surface area contributed by atoms with Gasteiger partial charge in [0.2, 0.25) is 0 Å². The van der Waals surface area contributed by atoms with Crippen molar-refractivity contribution in [2.24, 2.45) is 0 Å². The van der Waals surface area contributed by atoms with Crippen molar-refractivity contribution in [1.29, 1.82) is 0 Å². The zero-order valence-electron chi connectivity index (χ0n) is 19.8. The lowest BCUT2D eigenvalue weighted by Gasteiger charge is -2.13. The largest absolute Gasteiger partial charge is 0.490 e. The lowest BCUT2D eigenvalue weighted by Crippen LogP contribution is -2.17. The molecule has 0 aromatic heterocycles. The SMILES string of the molecule is C/C=C/CCCCCCCCCCCCCCCc1ccccc1OCC1(C)CO1. The molecule has 1 aliphatic heterocycles. The van der Waals surface area contributed by atoms with Crippen LogP contribution in [0.25, 0.3) is 0 Å². The molecule has 0 saturated carbocycles. The van der Waals surface area contributed by atoms with Crippen LogP contribution in [0.1, 0.15) is 109 Å². The van der Waals surface area contributed by atoms with Gasteiger partial charge in [-0.2, -0.15) is 0 Å². The molecule has 1 aromatic rings. The minimum absolute atomic E-state index is 0.0425. The van der Waals surface area contributed by atoms with Gasteiger partial charge in [0.25, 0.3) is 0 Å². The summed E-state index contributed by atoms with van der Waals surface area (Å²) >= 11 is 0. The van der Waals surface area contributed by atoms with Gasteiger partial charge in [0, 0.05) is 0 Å². The lowest BCUT2D eigenvalue weighted by atomic mass is 10.0. The minimum Gasteiger partial charge on any atom is -0.490 e.